The summed E-state index contributed by atoms with van der Waals surface area (Å²) in [5.41, 5.74) is 14.0. The first-order valence-corrected chi connectivity index (χ1v) is 29.1. The number of fused-ring (bicyclic) bond motifs is 4. The minimum atomic E-state index is -0.795. The summed E-state index contributed by atoms with van der Waals surface area (Å²) >= 11 is 0. The fraction of sp³-hybridized carbons (Fsp3) is 0.515. The van der Waals surface area contributed by atoms with Crippen LogP contribution < -0.4 is 18.9 Å². The lowest BCUT2D eigenvalue weighted by molar-refractivity contribution is -0.123. The molecule has 0 bridgehead atoms. The summed E-state index contributed by atoms with van der Waals surface area (Å²) in [5, 5.41) is 0. The van der Waals surface area contributed by atoms with E-state index in [0.717, 1.165) is 141 Å². The predicted octanol–water partition coefficient (Wildman–Crippen LogP) is 12.2. The van der Waals surface area contributed by atoms with Crippen molar-refractivity contribution >= 4 is 23.4 Å². The fourth-order valence-corrected chi connectivity index (χ4v) is 14.4. The molecule has 4 aliphatic heterocycles. The topological polar surface area (TPSA) is 144 Å². The van der Waals surface area contributed by atoms with Crippen LogP contribution in [0.5, 0.6) is 23.0 Å². The molecule has 6 heterocycles. The molecule has 4 aliphatic carbocycles. The Kier molecular flexibility index (Phi) is 14.8. The number of furan rings is 2. The number of hydrogen-bond donors (Lipinski definition) is 0. The van der Waals surface area contributed by atoms with Crippen LogP contribution in [-0.4, -0.2) is 121 Å². The van der Waals surface area contributed by atoms with Gasteiger partial charge in [0.25, 0.3) is 23.4 Å². The van der Waals surface area contributed by atoms with Crippen LogP contribution in [0.25, 0.3) is 22.3 Å². The Balaban J connectivity index is 0.000000169. The second kappa shape index (κ2) is 21.4. The van der Waals surface area contributed by atoms with Gasteiger partial charge in [0, 0.05) is 121 Å². The van der Waals surface area contributed by atoms with Gasteiger partial charge in [0.1, 0.15) is 0 Å². The third kappa shape index (κ3) is 9.85. The van der Waals surface area contributed by atoms with Crippen molar-refractivity contribution in [3.8, 4) is 45.3 Å². The highest BCUT2D eigenvalue weighted by Gasteiger charge is 2.51. The first-order chi connectivity index (χ1) is 38.1. The van der Waals surface area contributed by atoms with Crippen molar-refractivity contribution in [2.24, 2.45) is 11.8 Å². The lowest BCUT2D eigenvalue weighted by Gasteiger charge is -2.39. The van der Waals surface area contributed by atoms with Crippen LogP contribution in [0.15, 0.2) is 91.6 Å². The summed E-state index contributed by atoms with van der Waals surface area (Å²) in [6.45, 7) is 17.7. The summed E-state index contributed by atoms with van der Waals surface area (Å²) in [5.74, 6) is 1.76. The smallest absolute Gasteiger partial charge is 0.254 e. The number of Topliss-reactive ketones (excluding diaryl/α,β-unsaturated/α-hetero) is 2. The number of carbonyl (C=O) groups excluding carboxylic acids is 4. The van der Waals surface area contributed by atoms with E-state index in [2.05, 4.69) is 64.0 Å². The summed E-state index contributed by atoms with van der Waals surface area (Å²) in [6, 6.07) is 5.01. The number of carbonyl (C=O) groups is 4. The van der Waals surface area contributed by atoms with E-state index in [1.54, 1.807) is 25.1 Å². The summed E-state index contributed by atoms with van der Waals surface area (Å²) in [7, 11) is 8.60. The van der Waals surface area contributed by atoms with Crippen LogP contribution in [0.2, 0.25) is 0 Å². The number of ether oxygens (including phenoxy) is 4. The normalized spacial score (nSPS) is 26.5. The molecule has 2 amide bonds. The van der Waals surface area contributed by atoms with Crippen LogP contribution in [0.4, 0.5) is 0 Å². The van der Waals surface area contributed by atoms with E-state index in [4.69, 9.17) is 27.8 Å². The van der Waals surface area contributed by atoms with Gasteiger partial charge < -0.3 is 47.4 Å². The average molecular weight is 1090 g/mol. The molecule has 0 unspecified atom stereocenters. The van der Waals surface area contributed by atoms with Gasteiger partial charge in [-0.05, 0) is 168 Å². The van der Waals surface area contributed by atoms with E-state index < -0.39 is 11.6 Å². The summed E-state index contributed by atoms with van der Waals surface area (Å²) in [4.78, 5) is 62.2. The van der Waals surface area contributed by atoms with Gasteiger partial charge >= 0.3 is 0 Å². The van der Waals surface area contributed by atoms with Gasteiger partial charge in [-0.15, -0.1) is 0 Å². The van der Waals surface area contributed by atoms with E-state index in [0.29, 0.717) is 86.6 Å². The molecule has 2 atom stereocenters. The Hall–Kier alpha value is -6.64. The molecule has 8 aliphatic rings. The minimum absolute atomic E-state index is 0.0608. The van der Waals surface area contributed by atoms with Crippen LogP contribution in [-0.2, 0) is 22.4 Å². The minimum Gasteiger partial charge on any atom is -0.472 e. The van der Waals surface area contributed by atoms with Gasteiger partial charge in [-0.1, -0.05) is 23.3 Å². The van der Waals surface area contributed by atoms with Gasteiger partial charge in [-0.2, -0.15) is 0 Å². The molecule has 4 aromatic rings. The highest BCUT2D eigenvalue weighted by molar-refractivity contribution is 6.06. The molecule has 14 heteroatoms. The monoisotopic (exact) mass is 1090 g/mol. The Bertz CT molecular complexity index is 3070. The molecule has 0 spiro atoms. The molecule has 2 aromatic carbocycles. The number of benzene rings is 2. The maximum Gasteiger partial charge on any atom is 0.254 e. The molecule has 2 aromatic heterocycles. The number of hydrogen-bond acceptors (Lipinski definition) is 12. The lowest BCUT2D eigenvalue weighted by atomic mass is 9.81. The highest BCUT2D eigenvalue weighted by atomic mass is 16.7. The molecule has 424 valence electrons. The van der Waals surface area contributed by atoms with Crippen molar-refractivity contribution < 1.29 is 47.0 Å². The molecule has 2 saturated carbocycles. The van der Waals surface area contributed by atoms with Crippen LogP contribution in [0.1, 0.15) is 149 Å². The molecule has 80 heavy (non-hydrogen) atoms. The van der Waals surface area contributed by atoms with Gasteiger partial charge in [-0.3, -0.25) is 19.2 Å². The van der Waals surface area contributed by atoms with Gasteiger partial charge in [0.15, 0.2) is 34.6 Å². The zero-order valence-corrected chi connectivity index (χ0v) is 49.1. The van der Waals surface area contributed by atoms with Crippen molar-refractivity contribution in [3.63, 3.8) is 0 Å². The van der Waals surface area contributed by atoms with Gasteiger partial charge in [0.2, 0.25) is 0 Å². The standard InChI is InChI=1S/2C33H40N2O5/c2*1-19-15-20(2)26(27(36)16-19)17-35-13-11-25-28(32(35)37)21(3)30-31(29(25)22-12-14-38-18-22)40-33(4,39-30)23-7-9-24(10-8-23)34(5)6/h2*12,14-15,18,23-24H,7-11,13,16-17H2,1-6H3/t2*23?,24?,33-/m10/s1. The van der Waals surface area contributed by atoms with E-state index >= 15 is 0 Å². The fourth-order valence-electron chi connectivity index (χ4n) is 14.4. The molecule has 0 radical (unpaired) electrons. The van der Waals surface area contributed by atoms with Crippen LogP contribution >= 0.6 is 0 Å². The molecule has 2 fully saturated rings. The predicted molar refractivity (Wildman–Crippen MR) is 307 cm³/mol. The second-order valence-corrected chi connectivity index (χ2v) is 24.9. The molecular formula is C66H80N4O10. The molecule has 12 rings (SSSR count). The van der Waals surface area contributed by atoms with Crippen LogP contribution in [0, 0.1) is 25.7 Å². The zero-order chi connectivity index (χ0) is 56.7. The summed E-state index contributed by atoms with van der Waals surface area (Å²) < 4.78 is 38.0. The molecule has 0 saturated heterocycles. The second-order valence-electron chi connectivity index (χ2n) is 24.9. The maximum atomic E-state index is 14.1. The number of allylic oxidation sites excluding steroid dienone is 6. The molecule has 0 N–H and O–H groups in total. The highest BCUT2D eigenvalue weighted by Crippen LogP contribution is 2.57. The SMILES string of the molecule is CC1=CC(C)=C(CN2CCc3c(c(C)c4c(c3-c3ccoc3)O[C@@](C)(C3CCC(N(C)C)CC3)O4)C2=O)C(=O)C1.CC1=CC(C)=C(CN2CCc3c(c(C)c4c(c3-c3ccoc3)O[C@](C)(C3CCC(N(C)C)CC3)O4)C2=O)C(=O)C1. The van der Waals surface area contributed by atoms with E-state index in [9.17, 15) is 19.2 Å². The first-order valence-electron chi connectivity index (χ1n) is 29.1. The van der Waals surface area contributed by atoms with Crippen molar-refractivity contribution in [1.29, 1.82) is 0 Å². The van der Waals surface area contributed by atoms with E-state index in [1.807, 2.05) is 63.5 Å². The van der Waals surface area contributed by atoms with Crippen molar-refractivity contribution in [1.82, 2.24) is 19.6 Å². The Labute approximate surface area is 471 Å². The maximum absolute atomic E-state index is 14.1. The third-order valence-corrected chi connectivity index (χ3v) is 19.1. The lowest BCUT2D eigenvalue weighted by Crippen LogP contribution is -2.46. The zero-order valence-electron chi connectivity index (χ0n) is 49.1. The largest absolute Gasteiger partial charge is 0.472 e. The quantitative estimate of drug-likeness (QED) is 0.149. The van der Waals surface area contributed by atoms with E-state index in [-0.39, 0.29) is 35.2 Å². The number of rotatable bonds is 10. The third-order valence-electron chi connectivity index (χ3n) is 19.1. The number of amides is 2. The Morgan fingerprint density at radius 1 is 0.512 bits per heavy atom. The van der Waals surface area contributed by atoms with Gasteiger partial charge in [0.05, 0.1) is 36.2 Å². The number of ketones is 2. The summed E-state index contributed by atoms with van der Waals surface area (Å²) in [6.07, 6.45) is 21.6. The van der Waals surface area contributed by atoms with E-state index in [1.165, 1.54) is 0 Å². The van der Waals surface area contributed by atoms with Crippen molar-refractivity contribution in [2.45, 2.75) is 156 Å². The van der Waals surface area contributed by atoms with Crippen LogP contribution in [0.3, 0.4) is 0 Å². The number of nitrogens with zero attached hydrogens (tertiary/aromatic N) is 4. The van der Waals surface area contributed by atoms with Crippen molar-refractivity contribution in [3.05, 3.63) is 116 Å². The first kappa shape index (κ1) is 55.3. The Morgan fingerprint density at radius 3 is 1.20 bits per heavy atom. The molecular weight excluding hydrogens is 1010 g/mol. The Morgan fingerprint density at radius 2 is 0.875 bits per heavy atom. The van der Waals surface area contributed by atoms with Crippen molar-refractivity contribution in [2.75, 3.05) is 54.4 Å². The molecule has 14 nitrogen and oxygen atoms in total. The van der Waals surface area contributed by atoms with Gasteiger partial charge in [-0.25, -0.2) is 0 Å². The average Bonchev–Trinajstić information content (AvgIpc) is 4.40.